The van der Waals surface area contributed by atoms with Crippen molar-refractivity contribution in [2.45, 2.75) is 13.2 Å². The summed E-state index contributed by atoms with van der Waals surface area (Å²) in [7, 11) is 2.30. The first kappa shape index (κ1) is 29.2. The first-order valence-corrected chi connectivity index (χ1v) is 17.9. The Morgan fingerprint density at radius 3 is 1.59 bits per heavy atom. The van der Waals surface area contributed by atoms with Crippen LogP contribution < -0.4 is 34.0 Å². The van der Waals surface area contributed by atoms with Crippen LogP contribution in [0.4, 0.5) is 0 Å². The lowest BCUT2D eigenvalue weighted by Crippen LogP contribution is -2.18. The van der Waals surface area contributed by atoms with E-state index in [1.807, 2.05) is 0 Å². The van der Waals surface area contributed by atoms with Crippen LogP contribution in [-0.4, -0.2) is 44.0 Å². The zero-order chi connectivity index (χ0) is 24.9. The zero-order valence-corrected chi connectivity index (χ0v) is 22.7. The number of hydrogen-bond donors (Lipinski definition) is 10. The Labute approximate surface area is 214 Å². The van der Waals surface area contributed by atoms with Crippen LogP contribution in [0.1, 0.15) is 11.4 Å². The predicted molar refractivity (Wildman–Crippen MR) is 140 cm³/mol. The second kappa shape index (κ2) is 15.2. The lowest BCUT2D eigenvalue weighted by molar-refractivity contribution is 0.259. The fraction of sp³-hybridized carbons (Fsp3) is 0.333. The molecule has 2 atom stereocenters. The third-order valence-electron chi connectivity index (χ3n) is 3.23. The van der Waals surface area contributed by atoms with Gasteiger partial charge in [0.05, 0.1) is 48.3 Å². The minimum absolute atomic E-state index is 0.00955. The van der Waals surface area contributed by atoms with E-state index in [1.54, 1.807) is 0 Å². The highest BCUT2D eigenvalue weighted by molar-refractivity contribution is 9.26. The number of nitrogens with two attached hydrogens (primary N) is 4. The van der Waals surface area contributed by atoms with Crippen LogP contribution >= 0.6 is 57.6 Å². The molecule has 2 rings (SSSR count). The smallest absolute Gasteiger partial charge is 0.399 e. The summed E-state index contributed by atoms with van der Waals surface area (Å²) in [5, 5.41) is 20.4. The zero-order valence-electron chi connectivity index (χ0n) is 17.5. The third-order valence-corrected chi connectivity index (χ3v) is 18.9. The largest absolute Gasteiger partial charge is 0.408 e. The van der Waals surface area contributed by atoms with Crippen molar-refractivity contribution < 1.29 is 18.1 Å². The van der Waals surface area contributed by atoms with Crippen molar-refractivity contribution in [1.82, 2.24) is 41.7 Å². The molecule has 0 aliphatic heterocycles. The van der Waals surface area contributed by atoms with E-state index < -0.39 is 12.2 Å². The normalized spacial score (nSPS) is 16.1. The molecule has 0 aromatic carbocycles. The van der Waals surface area contributed by atoms with Crippen molar-refractivity contribution in [3.63, 3.8) is 0 Å². The molecule has 0 aliphatic carbocycles. The van der Waals surface area contributed by atoms with Crippen molar-refractivity contribution in [2.24, 2.45) is 23.2 Å². The fourth-order valence-corrected chi connectivity index (χ4v) is 18.2. The van der Waals surface area contributed by atoms with E-state index in [1.165, 1.54) is 24.8 Å². The van der Waals surface area contributed by atoms with Crippen LogP contribution in [-0.2, 0) is 31.3 Å². The molecule has 2 aromatic heterocycles. The molecule has 2 heterocycles. The number of hydrogen-bond acceptors (Lipinski definition) is 18. The number of nitrogens with one attached hydrogen (secondary N) is 4. The lowest BCUT2D eigenvalue weighted by Gasteiger charge is -2.18. The maximum atomic E-state index is 5.93. The standard InChI is InChI=1S/C12H26N12O4P2S4/c13-9(1-17-15)5-25-29(31,27-7-11-3-19-23-21-11)33-34-30(32,26-6-10(14)2-18-16)28-8-12-4-20-24-22-12/h1-4,17-18,31-32H,5-8,13-16H2,(H,19,21,23)(H,20,22,24)/q+2/b9-1-,10-2-. The molecule has 0 radical (unpaired) electrons. The molecule has 0 saturated carbocycles. The van der Waals surface area contributed by atoms with Gasteiger partial charge in [-0.05, 0) is 0 Å². The van der Waals surface area contributed by atoms with E-state index in [0.717, 1.165) is 20.8 Å². The molecule has 22 heteroatoms. The van der Waals surface area contributed by atoms with E-state index in [0.29, 0.717) is 22.8 Å². The van der Waals surface area contributed by atoms with Gasteiger partial charge in [-0.15, -0.1) is 0 Å². The molecular formula is C12H26N12O4P2S4+2. The maximum absolute atomic E-state index is 5.93. The van der Waals surface area contributed by atoms with Gasteiger partial charge in [-0.25, -0.2) is 0 Å². The number of aromatic amines is 2. The second-order valence-electron chi connectivity index (χ2n) is 5.87. The topological polar surface area (TPSA) is 248 Å². The Bertz CT molecular complexity index is 825. The van der Waals surface area contributed by atoms with Crippen molar-refractivity contribution in [1.29, 1.82) is 0 Å². The van der Waals surface area contributed by atoms with Crippen LogP contribution in [0.3, 0.4) is 0 Å². The summed E-state index contributed by atoms with van der Waals surface area (Å²) < 4.78 is 23.6. The Morgan fingerprint density at radius 2 is 1.26 bits per heavy atom. The maximum Gasteiger partial charge on any atom is 0.408 e. The van der Waals surface area contributed by atoms with Crippen LogP contribution in [0.2, 0.25) is 0 Å². The van der Waals surface area contributed by atoms with Gasteiger partial charge in [-0.1, -0.05) is 0 Å². The summed E-state index contributed by atoms with van der Waals surface area (Å²) in [6.07, 6.45) is -0.0371. The number of nitrogens with zero attached hydrogens (tertiary/aromatic N) is 4. The molecule has 0 spiro atoms. The molecule has 34 heavy (non-hydrogen) atoms. The average molecular weight is 593 g/mol. The monoisotopic (exact) mass is 592 g/mol. The molecule has 0 bridgehead atoms. The number of aromatic nitrogens is 6. The van der Waals surface area contributed by atoms with E-state index in [9.17, 15) is 0 Å². The van der Waals surface area contributed by atoms with E-state index in [2.05, 4.69) is 66.2 Å². The van der Waals surface area contributed by atoms with Gasteiger partial charge in [-0.3, -0.25) is 11.7 Å². The van der Waals surface area contributed by atoms with E-state index >= 15 is 0 Å². The summed E-state index contributed by atoms with van der Waals surface area (Å²) in [5.41, 5.74) is 18.1. The lowest BCUT2D eigenvalue weighted by atomic mass is 10.5. The summed E-state index contributed by atoms with van der Waals surface area (Å²) in [4.78, 5) is 0. The Hall–Kier alpha value is -1.02. The summed E-state index contributed by atoms with van der Waals surface area (Å²) >= 11 is 9.31. The fourth-order valence-electron chi connectivity index (χ4n) is 1.74. The molecule has 2 aromatic rings. The highest BCUT2D eigenvalue weighted by Crippen LogP contribution is 2.90. The van der Waals surface area contributed by atoms with Crippen molar-refractivity contribution in [3.8, 4) is 0 Å². The summed E-state index contributed by atoms with van der Waals surface area (Å²) in [6.45, 7) is 0.141. The van der Waals surface area contributed by atoms with Gasteiger partial charge in [0.2, 0.25) is 20.8 Å². The summed E-state index contributed by atoms with van der Waals surface area (Å²) in [6, 6.07) is 0. The number of rotatable bonds is 17. The Balaban J connectivity index is 2.10. The van der Waals surface area contributed by atoms with Crippen LogP contribution in [0, 0.1) is 0 Å². The molecule has 2 unspecified atom stereocenters. The molecule has 190 valence electrons. The number of thiol groups is 2. The van der Waals surface area contributed by atoms with Gasteiger partial charge in [0.1, 0.15) is 37.8 Å². The van der Waals surface area contributed by atoms with Crippen molar-refractivity contribution in [3.05, 3.63) is 47.6 Å². The first-order valence-electron chi connectivity index (χ1n) is 8.98. The highest BCUT2D eigenvalue weighted by atomic mass is 33.6. The van der Waals surface area contributed by atoms with E-state index in [-0.39, 0.29) is 26.4 Å². The van der Waals surface area contributed by atoms with Crippen LogP contribution in [0.25, 0.3) is 0 Å². The van der Waals surface area contributed by atoms with Gasteiger partial charge in [0.15, 0.2) is 0 Å². The molecule has 0 aliphatic rings. The van der Waals surface area contributed by atoms with E-state index in [4.69, 9.17) is 41.2 Å². The SMILES string of the molecule is NN/C=C(\N)CO[P+](S)(OCc1cn[nH]n1)SS[P+](S)(OC/C(N)=C/NN)OCc1cn[nH]n1. The quantitative estimate of drug-likeness (QED) is 0.0401. The van der Waals surface area contributed by atoms with Gasteiger partial charge < -0.3 is 22.3 Å². The van der Waals surface area contributed by atoms with Gasteiger partial charge in [0, 0.05) is 12.4 Å². The van der Waals surface area contributed by atoms with Crippen molar-refractivity contribution >= 4 is 57.6 Å². The number of hydrazine groups is 2. The molecular weight excluding hydrogens is 566 g/mol. The second-order valence-corrected chi connectivity index (χ2v) is 20.3. The Kier molecular flexibility index (Phi) is 13.0. The molecule has 0 saturated heterocycles. The van der Waals surface area contributed by atoms with Gasteiger partial charge in [0.25, 0.3) is 0 Å². The van der Waals surface area contributed by atoms with Crippen LogP contribution in [0.5, 0.6) is 0 Å². The summed E-state index contributed by atoms with van der Waals surface area (Å²) in [5.74, 6) is 10.5. The predicted octanol–water partition coefficient (Wildman–Crippen LogP) is 0.812. The van der Waals surface area contributed by atoms with Gasteiger partial charge in [-0.2, -0.15) is 48.9 Å². The minimum Gasteiger partial charge on any atom is -0.399 e. The average Bonchev–Trinajstić information content (AvgIpc) is 3.53. The number of H-pyrrole nitrogens is 2. The van der Waals surface area contributed by atoms with Gasteiger partial charge >= 0.3 is 12.2 Å². The first-order chi connectivity index (χ1) is 16.3. The highest BCUT2D eigenvalue weighted by Gasteiger charge is 2.53. The van der Waals surface area contributed by atoms with Crippen molar-refractivity contribution in [2.75, 3.05) is 13.2 Å². The molecule has 12 N–H and O–H groups in total. The third kappa shape index (κ3) is 11.1. The molecule has 16 nitrogen and oxygen atoms in total. The molecule has 0 fully saturated rings. The van der Waals surface area contributed by atoms with Crippen LogP contribution in [0.15, 0.2) is 36.2 Å². The molecule has 0 amide bonds. The Morgan fingerprint density at radius 1 is 0.853 bits per heavy atom. The minimum atomic E-state index is -2.92.